The van der Waals surface area contributed by atoms with Crippen LogP contribution in [0.25, 0.3) is 0 Å². The van der Waals surface area contributed by atoms with Crippen LogP contribution in [0, 0.1) is 6.92 Å². The van der Waals surface area contributed by atoms with Gasteiger partial charge in [-0.2, -0.15) is 18.3 Å². The molecule has 0 aromatic carbocycles. The van der Waals surface area contributed by atoms with E-state index < -0.39 is 12.6 Å². The summed E-state index contributed by atoms with van der Waals surface area (Å²) in [6, 6.07) is 0. The molecule has 0 radical (unpaired) electrons. The van der Waals surface area contributed by atoms with Crippen LogP contribution in [0.3, 0.4) is 0 Å². The van der Waals surface area contributed by atoms with E-state index in [9.17, 15) is 13.2 Å². The first-order chi connectivity index (χ1) is 5.49. The van der Waals surface area contributed by atoms with Crippen molar-refractivity contribution >= 4 is 0 Å². The van der Waals surface area contributed by atoms with Gasteiger partial charge in [-0.1, -0.05) is 0 Å². The zero-order valence-corrected chi connectivity index (χ0v) is 6.47. The van der Waals surface area contributed by atoms with Crippen LogP contribution in [-0.4, -0.2) is 20.9 Å². The lowest BCUT2D eigenvalue weighted by molar-refractivity contribution is -0.137. The first-order valence-corrected chi connectivity index (χ1v) is 3.40. The van der Waals surface area contributed by atoms with Crippen molar-refractivity contribution in [1.29, 1.82) is 0 Å². The zero-order chi connectivity index (χ0) is 9.19. The van der Waals surface area contributed by atoms with Crippen molar-refractivity contribution in [3.05, 3.63) is 12.2 Å². The van der Waals surface area contributed by atoms with Gasteiger partial charge in [0.1, 0.15) is 12.2 Å². The lowest BCUT2D eigenvalue weighted by Crippen LogP contribution is -2.13. The fourth-order valence-electron chi connectivity index (χ4n) is 0.774. The number of aromatic nitrogens is 3. The van der Waals surface area contributed by atoms with Crippen LogP contribution in [-0.2, 0) is 6.54 Å². The number of hydrogen-bond acceptors (Lipinski definition) is 2. The second-order valence-corrected chi connectivity index (χ2v) is 2.40. The number of aryl methyl sites for hydroxylation is 2. The van der Waals surface area contributed by atoms with Crippen molar-refractivity contribution in [1.82, 2.24) is 14.8 Å². The van der Waals surface area contributed by atoms with E-state index in [1.165, 1.54) is 11.0 Å². The molecule has 1 aromatic rings. The summed E-state index contributed by atoms with van der Waals surface area (Å²) in [4.78, 5) is 3.70. The quantitative estimate of drug-likeness (QED) is 0.689. The van der Waals surface area contributed by atoms with Crippen LogP contribution in [0.5, 0.6) is 0 Å². The Balaban J connectivity index is 2.49. The summed E-state index contributed by atoms with van der Waals surface area (Å²) < 4.78 is 36.4. The first-order valence-electron chi connectivity index (χ1n) is 3.40. The molecule has 0 aliphatic carbocycles. The summed E-state index contributed by atoms with van der Waals surface area (Å²) >= 11 is 0. The molecule has 6 heteroatoms. The SMILES string of the molecule is Cc1ncnn1CCC(F)(F)F. The Bertz CT molecular complexity index is 253. The van der Waals surface area contributed by atoms with E-state index >= 15 is 0 Å². The van der Waals surface area contributed by atoms with Gasteiger partial charge in [0.25, 0.3) is 0 Å². The number of halogens is 3. The molecule has 0 fully saturated rings. The van der Waals surface area contributed by atoms with E-state index in [0.29, 0.717) is 5.82 Å². The van der Waals surface area contributed by atoms with Crippen LogP contribution in [0.15, 0.2) is 6.33 Å². The van der Waals surface area contributed by atoms with Crippen molar-refractivity contribution in [2.45, 2.75) is 26.1 Å². The van der Waals surface area contributed by atoms with Crippen LogP contribution in [0.1, 0.15) is 12.2 Å². The molecule has 0 saturated heterocycles. The molecule has 0 saturated carbocycles. The second kappa shape index (κ2) is 3.12. The molecular formula is C6H8F3N3. The number of nitrogens with zero attached hydrogens (tertiary/aromatic N) is 3. The molecule has 0 aliphatic rings. The van der Waals surface area contributed by atoms with E-state index in [4.69, 9.17) is 0 Å². The topological polar surface area (TPSA) is 30.7 Å². The Morgan fingerprint density at radius 3 is 2.58 bits per heavy atom. The minimum absolute atomic E-state index is 0.157. The van der Waals surface area contributed by atoms with E-state index in [1.54, 1.807) is 6.92 Å². The van der Waals surface area contributed by atoms with Crippen LogP contribution < -0.4 is 0 Å². The normalized spacial score (nSPS) is 12.0. The van der Waals surface area contributed by atoms with Gasteiger partial charge in [0.05, 0.1) is 13.0 Å². The summed E-state index contributed by atoms with van der Waals surface area (Å²) in [5.41, 5.74) is 0. The fraction of sp³-hybridized carbons (Fsp3) is 0.667. The van der Waals surface area contributed by atoms with Gasteiger partial charge in [0.2, 0.25) is 0 Å². The Hall–Kier alpha value is -1.07. The smallest absolute Gasteiger partial charge is 0.250 e. The van der Waals surface area contributed by atoms with Gasteiger partial charge in [0.15, 0.2) is 0 Å². The van der Waals surface area contributed by atoms with Crippen molar-refractivity contribution < 1.29 is 13.2 Å². The maximum atomic E-state index is 11.7. The van der Waals surface area contributed by atoms with E-state index in [1.807, 2.05) is 0 Å². The van der Waals surface area contributed by atoms with Crippen molar-refractivity contribution in [3.63, 3.8) is 0 Å². The third-order valence-corrected chi connectivity index (χ3v) is 1.42. The molecule has 3 nitrogen and oxygen atoms in total. The Morgan fingerprint density at radius 2 is 2.17 bits per heavy atom. The summed E-state index contributed by atoms with van der Waals surface area (Å²) in [6.45, 7) is 1.46. The highest BCUT2D eigenvalue weighted by Crippen LogP contribution is 2.19. The first kappa shape index (κ1) is 9.02. The molecule has 1 aromatic heterocycles. The van der Waals surface area contributed by atoms with Crippen molar-refractivity contribution in [3.8, 4) is 0 Å². The highest BCUT2D eigenvalue weighted by molar-refractivity contribution is 4.78. The van der Waals surface area contributed by atoms with Gasteiger partial charge in [0, 0.05) is 0 Å². The summed E-state index contributed by atoms with van der Waals surface area (Å²) in [6.07, 6.45) is -3.75. The molecule has 0 aliphatic heterocycles. The molecule has 0 spiro atoms. The molecular weight excluding hydrogens is 171 g/mol. The van der Waals surface area contributed by atoms with Gasteiger partial charge in [-0.15, -0.1) is 0 Å². The summed E-state index contributed by atoms with van der Waals surface area (Å²) in [5.74, 6) is 0.499. The lowest BCUT2D eigenvalue weighted by atomic mass is 10.4. The largest absolute Gasteiger partial charge is 0.390 e. The molecule has 68 valence electrons. The predicted octanol–water partition coefficient (Wildman–Crippen LogP) is 1.54. The van der Waals surface area contributed by atoms with Gasteiger partial charge >= 0.3 is 6.18 Å². The Morgan fingerprint density at radius 1 is 1.50 bits per heavy atom. The Kier molecular flexibility index (Phi) is 2.35. The van der Waals surface area contributed by atoms with Crippen LogP contribution in [0.2, 0.25) is 0 Å². The predicted molar refractivity (Wildman–Crippen MR) is 35.4 cm³/mol. The van der Waals surface area contributed by atoms with Crippen molar-refractivity contribution in [2.75, 3.05) is 0 Å². The maximum absolute atomic E-state index is 11.7. The monoisotopic (exact) mass is 179 g/mol. The maximum Gasteiger partial charge on any atom is 0.390 e. The molecule has 0 amide bonds. The van der Waals surface area contributed by atoms with Gasteiger partial charge in [-0.25, -0.2) is 4.98 Å². The number of rotatable bonds is 2. The average Bonchev–Trinajstić information content (AvgIpc) is 2.29. The standard InChI is InChI=1S/C6H8F3N3/c1-5-10-4-11-12(5)3-2-6(7,8)9/h4H,2-3H2,1H3. The molecule has 0 bridgehead atoms. The number of alkyl halides is 3. The van der Waals surface area contributed by atoms with Gasteiger partial charge < -0.3 is 0 Å². The summed E-state index contributed by atoms with van der Waals surface area (Å²) in [5, 5.41) is 3.62. The third kappa shape index (κ3) is 2.52. The lowest BCUT2D eigenvalue weighted by Gasteiger charge is -2.06. The van der Waals surface area contributed by atoms with Crippen LogP contribution in [0.4, 0.5) is 13.2 Å². The van der Waals surface area contributed by atoms with Gasteiger partial charge in [-0.05, 0) is 6.92 Å². The molecule has 1 rings (SSSR count). The third-order valence-electron chi connectivity index (χ3n) is 1.42. The van der Waals surface area contributed by atoms with E-state index in [0.717, 1.165) is 0 Å². The van der Waals surface area contributed by atoms with Crippen molar-refractivity contribution in [2.24, 2.45) is 0 Å². The Labute approximate surface area is 67.2 Å². The minimum atomic E-state index is -4.13. The molecule has 0 atom stereocenters. The number of hydrogen-bond donors (Lipinski definition) is 0. The van der Waals surface area contributed by atoms with E-state index in [2.05, 4.69) is 10.1 Å². The van der Waals surface area contributed by atoms with E-state index in [-0.39, 0.29) is 6.54 Å². The van der Waals surface area contributed by atoms with Gasteiger partial charge in [-0.3, -0.25) is 4.68 Å². The average molecular weight is 179 g/mol. The molecule has 1 heterocycles. The molecule has 0 N–H and O–H groups in total. The molecule has 0 unspecified atom stereocenters. The highest BCUT2D eigenvalue weighted by Gasteiger charge is 2.26. The minimum Gasteiger partial charge on any atom is -0.250 e. The zero-order valence-electron chi connectivity index (χ0n) is 6.47. The highest BCUT2D eigenvalue weighted by atomic mass is 19.4. The summed E-state index contributed by atoms with van der Waals surface area (Å²) in [7, 11) is 0. The molecule has 12 heavy (non-hydrogen) atoms. The second-order valence-electron chi connectivity index (χ2n) is 2.40. The fourth-order valence-corrected chi connectivity index (χ4v) is 0.774. The van der Waals surface area contributed by atoms with Crippen LogP contribution >= 0.6 is 0 Å².